The van der Waals surface area contributed by atoms with Crippen LogP contribution in [0.1, 0.15) is 16.9 Å². The van der Waals surface area contributed by atoms with E-state index >= 15 is 0 Å². The number of hydrogen-bond donors (Lipinski definition) is 1. The Hall–Kier alpha value is -4.60. The zero-order valence-corrected chi connectivity index (χ0v) is 18.8. The van der Waals surface area contributed by atoms with Gasteiger partial charge in [0.05, 0.1) is 18.4 Å². The Bertz CT molecular complexity index is 1670. The number of furan rings is 1. The van der Waals surface area contributed by atoms with Crippen molar-refractivity contribution >= 4 is 22.5 Å². The van der Waals surface area contributed by atoms with Gasteiger partial charge in [-0.1, -0.05) is 18.2 Å². The van der Waals surface area contributed by atoms with E-state index in [1.54, 1.807) is 29.3 Å². The normalized spacial score (nSPS) is 12.0. The Labute approximate surface area is 202 Å². The lowest BCUT2D eigenvalue weighted by Gasteiger charge is -2.11. The second kappa shape index (κ2) is 8.56. The van der Waals surface area contributed by atoms with Crippen molar-refractivity contribution in [1.82, 2.24) is 24.1 Å². The van der Waals surface area contributed by atoms with Gasteiger partial charge in [-0.05, 0) is 53.6 Å². The van der Waals surface area contributed by atoms with Crippen LogP contribution in [-0.2, 0) is 19.3 Å². The SMILES string of the molecule is FC(F)(F)c1cccc(Cn2ccc3cc(-c4cnc(NCc5ccco5)n5cnnc45)ccc32)c1. The molecule has 6 aromatic rings. The number of nitrogens with zero attached hydrogens (tertiary/aromatic N) is 5. The lowest BCUT2D eigenvalue weighted by Crippen LogP contribution is -2.06. The van der Waals surface area contributed by atoms with Crippen LogP contribution in [0, 0.1) is 0 Å². The van der Waals surface area contributed by atoms with Crippen LogP contribution in [-0.4, -0.2) is 24.1 Å². The summed E-state index contributed by atoms with van der Waals surface area (Å²) in [6, 6.07) is 17.0. The summed E-state index contributed by atoms with van der Waals surface area (Å²) in [5.41, 5.74) is 3.21. The fourth-order valence-corrected chi connectivity index (χ4v) is 4.28. The van der Waals surface area contributed by atoms with E-state index in [4.69, 9.17) is 4.42 Å². The topological polar surface area (TPSA) is 73.2 Å². The second-order valence-electron chi connectivity index (χ2n) is 8.37. The van der Waals surface area contributed by atoms with E-state index in [1.165, 1.54) is 12.1 Å². The summed E-state index contributed by atoms with van der Waals surface area (Å²) < 4.78 is 48.4. The maximum atomic E-state index is 13.1. The molecule has 2 aromatic carbocycles. The number of hydrogen-bond acceptors (Lipinski definition) is 5. The molecule has 1 N–H and O–H groups in total. The Kier molecular flexibility index (Phi) is 5.21. The number of nitrogens with one attached hydrogen (secondary N) is 1. The van der Waals surface area contributed by atoms with Crippen molar-refractivity contribution in [2.45, 2.75) is 19.3 Å². The van der Waals surface area contributed by atoms with Gasteiger partial charge in [0.1, 0.15) is 12.1 Å². The van der Waals surface area contributed by atoms with Gasteiger partial charge < -0.3 is 14.3 Å². The van der Waals surface area contributed by atoms with Crippen LogP contribution in [0.5, 0.6) is 0 Å². The quantitative estimate of drug-likeness (QED) is 0.311. The maximum absolute atomic E-state index is 13.1. The molecule has 0 bridgehead atoms. The highest BCUT2D eigenvalue weighted by Crippen LogP contribution is 2.31. The van der Waals surface area contributed by atoms with Gasteiger partial charge in [0, 0.05) is 35.4 Å². The highest BCUT2D eigenvalue weighted by Gasteiger charge is 2.30. The van der Waals surface area contributed by atoms with Crippen LogP contribution >= 0.6 is 0 Å². The minimum atomic E-state index is -4.37. The number of alkyl halides is 3. The van der Waals surface area contributed by atoms with Gasteiger partial charge in [-0.3, -0.25) is 4.40 Å². The minimum absolute atomic E-state index is 0.332. The van der Waals surface area contributed by atoms with Gasteiger partial charge in [0.15, 0.2) is 5.65 Å². The first kappa shape index (κ1) is 21.9. The van der Waals surface area contributed by atoms with E-state index in [-0.39, 0.29) is 0 Å². The van der Waals surface area contributed by atoms with Crippen LogP contribution in [0.4, 0.5) is 19.1 Å². The van der Waals surface area contributed by atoms with Crippen molar-refractivity contribution < 1.29 is 17.6 Å². The fraction of sp³-hybridized carbons (Fsp3) is 0.115. The molecule has 0 fully saturated rings. The molecule has 0 atom stereocenters. The zero-order chi connectivity index (χ0) is 24.7. The largest absolute Gasteiger partial charge is 0.467 e. The van der Waals surface area contributed by atoms with Crippen LogP contribution in [0.25, 0.3) is 27.7 Å². The summed E-state index contributed by atoms with van der Waals surface area (Å²) in [6.45, 7) is 0.802. The third-order valence-corrected chi connectivity index (χ3v) is 6.02. The highest BCUT2D eigenvalue weighted by molar-refractivity contribution is 5.88. The predicted octanol–water partition coefficient (Wildman–Crippen LogP) is 6.02. The predicted molar refractivity (Wildman–Crippen MR) is 128 cm³/mol. The molecule has 6 rings (SSSR count). The van der Waals surface area contributed by atoms with Gasteiger partial charge in [-0.2, -0.15) is 13.2 Å². The average Bonchev–Trinajstić information content (AvgIpc) is 3.64. The molecule has 7 nitrogen and oxygen atoms in total. The van der Waals surface area contributed by atoms with E-state index in [1.807, 2.05) is 47.2 Å². The molecule has 0 radical (unpaired) electrons. The lowest BCUT2D eigenvalue weighted by atomic mass is 10.1. The van der Waals surface area contributed by atoms with Crippen LogP contribution in [0.2, 0.25) is 0 Å². The molecule has 4 heterocycles. The molecule has 0 amide bonds. The van der Waals surface area contributed by atoms with E-state index in [9.17, 15) is 13.2 Å². The first-order valence-electron chi connectivity index (χ1n) is 11.2. The number of fused-ring (bicyclic) bond motifs is 2. The van der Waals surface area contributed by atoms with Gasteiger partial charge in [-0.25, -0.2) is 4.98 Å². The summed E-state index contributed by atoms with van der Waals surface area (Å²) >= 11 is 0. The van der Waals surface area contributed by atoms with Crippen molar-refractivity contribution in [3.05, 3.63) is 103 Å². The van der Waals surface area contributed by atoms with E-state index in [2.05, 4.69) is 20.5 Å². The third kappa shape index (κ3) is 4.06. The number of halogens is 3. The molecule has 4 aromatic heterocycles. The monoisotopic (exact) mass is 488 g/mol. The van der Waals surface area contributed by atoms with E-state index in [0.717, 1.165) is 33.9 Å². The molecule has 36 heavy (non-hydrogen) atoms. The third-order valence-electron chi connectivity index (χ3n) is 6.02. The molecule has 0 aliphatic carbocycles. The van der Waals surface area contributed by atoms with Gasteiger partial charge in [0.25, 0.3) is 0 Å². The number of benzene rings is 2. The molecule has 0 saturated heterocycles. The summed E-state index contributed by atoms with van der Waals surface area (Å²) in [7, 11) is 0. The molecule has 0 aliphatic heterocycles. The first-order chi connectivity index (χ1) is 17.5. The lowest BCUT2D eigenvalue weighted by molar-refractivity contribution is -0.137. The summed E-state index contributed by atoms with van der Waals surface area (Å²) in [4.78, 5) is 4.56. The molecular weight excluding hydrogens is 469 g/mol. The van der Waals surface area contributed by atoms with E-state index in [0.29, 0.717) is 30.2 Å². The number of anilines is 1. The summed E-state index contributed by atoms with van der Waals surface area (Å²) in [6.07, 6.45) is 2.47. The Balaban J connectivity index is 1.29. The van der Waals surface area contributed by atoms with Gasteiger partial charge in [0.2, 0.25) is 5.95 Å². The molecule has 0 unspecified atom stereocenters. The van der Waals surface area contributed by atoms with Gasteiger partial charge >= 0.3 is 6.18 Å². The van der Waals surface area contributed by atoms with Crippen LogP contribution in [0.15, 0.2) is 90.1 Å². The molecule has 10 heteroatoms. The second-order valence-corrected chi connectivity index (χ2v) is 8.37. The summed E-state index contributed by atoms with van der Waals surface area (Å²) in [5.74, 6) is 1.37. The number of rotatable bonds is 6. The Morgan fingerprint density at radius 2 is 1.92 bits per heavy atom. The Morgan fingerprint density at radius 3 is 2.75 bits per heavy atom. The van der Waals surface area contributed by atoms with E-state index < -0.39 is 11.7 Å². The minimum Gasteiger partial charge on any atom is -0.467 e. The van der Waals surface area contributed by atoms with Crippen LogP contribution < -0.4 is 5.32 Å². The van der Waals surface area contributed by atoms with Crippen LogP contribution in [0.3, 0.4) is 0 Å². The summed E-state index contributed by atoms with van der Waals surface area (Å²) in [5, 5.41) is 12.5. The van der Waals surface area contributed by atoms with Crippen molar-refractivity contribution in [2.75, 3.05) is 5.32 Å². The van der Waals surface area contributed by atoms with Crippen molar-refractivity contribution in [3.63, 3.8) is 0 Å². The number of aromatic nitrogens is 5. The Morgan fingerprint density at radius 1 is 1.00 bits per heavy atom. The molecule has 0 saturated carbocycles. The van der Waals surface area contributed by atoms with Gasteiger partial charge in [-0.15, -0.1) is 10.2 Å². The fourth-order valence-electron chi connectivity index (χ4n) is 4.28. The smallest absolute Gasteiger partial charge is 0.416 e. The molecule has 0 spiro atoms. The highest BCUT2D eigenvalue weighted by atomic mass is 19.4. The molecule has 0 aliphatic rings. The molecule has 180 valence electrons. The molecular formula is C26H19F3N6O. The standard InChI is InChI=1S/C26H19F3N6O/c27-26(28,29)20-4-1-3-17(11-20)15-34-9-8-19-12-18(6-7-23(19)34)22-14-31-25(35-16-32-33-24(22)35)30-13-21-5-2-10-36-21/h1-12,14,16H,13,15H2,(H,30,31). The van der Waals surface area contributed by atoms with Crippen molar-refractivity contribution in [3.8, 4) is 11.1 Å². The zero-order valence-electron chi connectivity index (χ0n) is 18.8. The first-order valence-corrected chi connectivity index (χ1v) is 11.2. The maximum Gasteiger partial charge on any atom is 0.416 e. The van der Waals surface area contributed by atoms with Crippen molar-refractivity contribution in [1.29, 1.82) is 0 Å². The van der Waals surface area contributed by atoms with Crippen molar-refractivity contribution in [2.24, 2.45) is 0 Å². The average molecular weight is 488 g/mol.